The number of rotatable bonds is 5. The topological polar surface area (TPSA) is 75.1 Å². The molecule has 1 aromatic carbocycles. The number of hydrogen-bond donors (Lipinski definition) is 2. The fourth-order valence-corrected chi connectivity index (χ4v) is 1.91. The van der Waals surface area contributed by atoms with Crippen molar-refractivity contribution < 1.29 is 8.76 Å². The van der Waals surface area contributed by atoms with Gasteiger partial charge >= 0.3 is 0 Å². The van der Waals surface area contributed by atoms with Gasteiger partial charge in [-0.2, -0.15) is 0 Å². The summed E-state index contributed by atoms with van der Waals surface area (Å²) in [7, 11) is 0. The lowest BCUT2D eigenvalue weighted by atomic mass is 10.1. The summed E-state index contributed by atoms with van der Waals surface area (Å²) in [6, 6.07) is 9.38. The fourth-order valence-electron chi connectivity index (χ4n) is 1.50. The van der Waals surface area contributed by atoms with E-state index in [9.17, 15) is 4.21 Å². The van der Waals surface area contributed by atoms with Crippen LogP contribution in [0.5, 0.6) is 0 Å². The number of nitrogens with one attached hydrogen (secondary N) is 1. The number of anilines is 2. The van der Waals surface area contributed by atoms with Crippen molar-refractivity contribution in [2.75, 3.05) is 11.1 Å². The zero-order valence-corrected chi connectivity index (χ0v) is 10.4. The molecule has 0 amide bonds. The van der Waals surface area contributed by atoms with E-state index >= 15 is 0 Å². The van der Waals surface area contributed by atoms with Crippen LogP contribution in [-0.4, -0.2) is 24.5 Å². The van der Waals surface area contributed by atoms with Crippen LogP contribution in [0.15, 0.2) is 42.7 Å². The summed E-state index contributed by atoms with van der Waals surface area (Å²) in [5.74, 6) is 0.769. The molecule has 0 aliphatic heterocycles. The predicted octanol–water partition coefficient (Wildman–Crippen LogP) is 1.98. The first kappa shape index (κ1) is 12.7. The molecule has 1 unspecified atom stereocenters. The quantitative estimate of drug-likeness (QED) is 0.807. The minimum absolute atomic E-state index is 0.241. The lowest BCUT2D eigenvalue weighted by Gasteiger charge is -2.06. The van der Waals surface area contributed by atoms with Crippen molar-refractivity contribution >= 4 is 22.7 Å². The van der Waals surface area contributed by atoms with Gasteiger partial charge < -0.3 is 9.87 Å². The molecule has 1 heterocycles. The Morgan fingerprint density at radius 3 is 2.72 bits per heavy atom. The second-order valence-electron chi connectivity index (χ2n) is 3.67. The van der Waals surface area contributed by atoms with E-state index in [0.29, 0.717) is 12.4 Å². The third-order valence-corrected chi connectivity index (χ3v) is 2.87. The van der Waals surface area contributed by atoms with Crippen LogP contribution < -0.4 is 5.32 Å². The molecule has 0 saturated heterocycles. The smallest absolute Gasteiger partial charge is 0.227 e. The minimum atomic E-state index is -1.76. The Bertz CT molecular complexity index is 534. The monoisotopic (exact) mass is 263 g/mol. The first-order valence-corrected chi connectivity index (χ1v) is 6.72. The van der Waals surface area contributed by atoms with E-state index in [4.69, 9.17) is 4.55 Å². The molecule has 2 aromatic rings. The standard InChI is InChI=1S/C12H13N3O2S/c16-18(17)8-5-10-3-1-4-11(9-10)15-12-13-6-2-7-14-12/h1-4,6-7,9H,5,8H2,(H,16,17)(H,13,14,15). The molecule has 0 aliphatic rings. The van der Waals surface area contributed by atoms with E-state index in [1.807, 2.05) is 24.3 Å². The van der Waals surface area contributed by atoms with Crippen molar-refractivity contribution in [2.45, 2.75) is 6.42 Å². The summed E-state index contributed by atoms with van der Waals surface area (Å²) >= 11 is -1.76. The summed E-state index contributed by atoms with van der Waals surface area (Å²) < 4.78 is 19.4. The molecule has 0 radical (unpaired) electrons. The molecular weight excluding hydrogens is 250 g/mol. The molecule has 94 valence electrons. The Morgan fingerprint density at radius 2 is 2.00 bits per heavy atom. The molecule has 0 aliphatic carbocycles. The van der Waals surface area contributed by atoms with E-state index in [2.05, 4.69) is 15.3 Å². The largest absolute Gasteiger partial charge is 0.324 e. The van der Waals surface area contributed by atoms with Gasteiger partial charge in [-0.15, -0.1) is 0 Å². The minimum Gasteiger partial charge on any atom is -0.324 e. The van der Waals surface area contributed by atoms with Crippen LogP contribution in [0.4, 0.5) is 11.6 Å². The van der Waals surface area contributed by atoms with Gasteiger partial charge in [0.05, 0.1) is 5.75 Å². The Balaban J connectivity index is 2.05. The number of nitrogens with zero attached hydrogens (tertiary/aromatic N) is 2. The normalized spacial score (nSPS) is 12.1. The molecule has 5 nitrogen and oxygen atoms in total. The van der Waals surface area contributed by atoms with Gasteiger partial charge in [-0.3, -0.25) is 0 Å². The van der Waals surface area contributed by atoms with Crippen LogP contribution in [0, 0.1) is 0 Å². The van der Waals surface area contributed by atoms with Crippen molar-refractivity contribution in [3.8, 4) is 0 Å². The van der Waals surface area contributed by atoms with Crippen molar-refractivity contribution in [3.63, 3.8) is 0 Å². The molecule has 18 heavy (non-hydrogen) atoms. The highest BCUT2D eigenvalue weighted by Gasteiger charge is 2.00. The summed E-state index contributed by atoms with van der Waals surface area (Å²) in [4.78, 5) is 8.13. The van der Waals surface area contributed by atoms with Crippen LogP contribution in [0.25, 0.3) is 0 Å². The van der Waals surface area contributed by atoms with Gasteiger partial charge in [-0.25, -0.2) is 14.2 Å². The molecule has 1 atom stereocenters. The highest BCUT2D eigenvalue weighted by molar-refractivity contribution is 7.79. The van der Waals surface area contributed by atoms with Gasteiger partial charge in [-0.05, 0) is 30.2 Å². The van der Waals surface area contributed by atoms with Gasteiger partial charge in [-0.1, -0.05) is 12.1 Å². The summed E-state index contributed by atoms with van der Waals surface area (Å²) in [5.41, 5.74) is 1.86. The SMILES string of the molecule is O=S(O)CCc1cccc(Nc2ncccn2)c1. The van der Waals surface area contributed by atoms with Crippen molar-refractivity contribution in [3.05, 3.63) is 48.3 Å². The maximum atomic E-state index is 10.6. The molecule has 0 spiro atoms. The van der Waals surface area contributed by atoms with E-state index in [1.54, 1.807) is 18.5 Å². The molecule has 6 heteroatoms. The van der Waals surface area contributed by atoms with Gasteiger partial charge in [0.2, 0.25) is 5.95 Å². The summed E-state index contributed by atoms with van der Waals surface area (Å²) in [5, 5.41) is 3.07. The van der Waals surface area contributed by atoms with E-state index < -0.39 is 11.1 Å². The Hall–Kier alpha value is -1.79. The fraction of sp³-hybridized carbons (Fsp3) is 0.167. The van der Waals surface area contributed by atoms with Crippen molar-refractivity contribution in [1.82, 2.24) is 9.97 Å². The molecular formula is C12H13N3O2S. The number of benzene rings is 1. The second-order valence-corrected chi connectivity index (χ2v) is 4.72. The molecule has 0 fully saturated rings. The predicted molar refractivity (Wildman–Crippen MR) is 71.1 cm³/mol. The first-order valence-electron chi connectivity index (χ1n) is 5.44. The van der Waals surface area contributed by atoms with Gasteiger partial charge in [0.25, 0.3) is 0 Å². The Kier molecular flexibility index (Phi) is 4.38. The van der Waals surface area contributed by atoms with Crippen molar-refractivity contribution in [2.24, 2.45) is 0 Å². The van der Waals surface area contributed by atoms with Gasteiger partial charge in [0.15, 0.2) is 11.1 Å². The molecule has 0 bridgehead atoms. The molecule has 2 rings (SSSR count). The van der Waals surface area contributed by atoms with Gasteiger partial charge in [0, 0.05) is 18.1 Å². The summed E-state index contributed by atoms with van der Waals surface area (Å²) in [6.07, 6.45) is 3.89. The van der Waals surface area contributed by atoms with E-state index in [1.165, 1.54) is 0 Å². The lowest BCUT2D eigenvalue weighted by molar-refractivity contribution is 0.563. The van der Waals surface area contributed by atoms with Gasteiger partial charge in [0.1, 0.15) is 0 Å². The molecule has 2 N–H and O–H groups in total. The highest BCUT2D eigenvalue weighted by Crippen LogP contribution is 2.14. The average Bonchev–Trinajstić information content (AvgIpc) is 2.38. The first-order chi connectivity index (χ1) is 8.74. The zero-order valence-electron chi connectivity index (χ0n) is 9.61. The highest BCUT2D eigenvalue weighted by atomic mass is 32.2. The average molecular weight is 263 g/mol. The maximum Gasteiger partial charge on any atom is 0.227 e. The number of aromatic nitrogens is 2. The zero-order chi connectivity index (χ0) is 12.8. The van der Waals surface area contributed by atoms with Crippen LogP contribution in [0.1, 0.15) is 5.56 Å². The second kappa shape index (κ2) is 6.23. The van der Waals surface area contributed by atoms with Crippen LogP contribution in [-0.2, 0) is 17.5 Å². The molecule has 0 saturated carbocycles. The lowest BCUT2D eigenvalue weighted by Crippen LogP contribution is -2.00. The van der Waals surface area contributed by atoms with Crippen LogP contribution in [0.3, 0.4) is 0 Å². The third kappa shape index (κ3) is 3.90. The van der Waals surface area contributed by atoms with E-state index in [0.717, 1.165) is 11.3 Å². The third-order valence-electron chi connectivity index (χ3n) is 2.31. The van der Waals surface area contributed by atoms with Crippen molar-refractivity contribution in [1.29, 1.82) is 0 Å². The summed E-state index contributed by atoms with van der Waals surface area (Å²) in [6.45, 7) is 0. The molecule has 1 aromatic heterocycles. The maximum absolute atomic E-state index is 10.6. The number of hydrogen-bond acceptors (Lipinski definition) is 4. The number of aryl methyl sites for hydroxylation is 1. The van der Waals surface area contributed by atoms with Crippen LogP contribution in [0.2, 0.25) is 0 Å². The Morgan fingerprint density at radius 1 is 1.22 bits per heavy atom. The Labute approximate surface area is 108 Å². The van der Waals surface area contributed by atoms with E-state index in [-0.39, 0.29) is 5.75 Å². The van der Waals surface area contributed by atoms with Crippen LogP contribution >= 0.6 is 0 Å².